The van der Waals surface area contributed by atoms with Crippen molar-refractivity contribution in [2.75, 3.05) is 13.2 Å². The first-order valence-electron chi connectivity index (χ1n) is 6.56. The smallest absolute Gasteiger partial charge is 0.162 e. The van der Waals surface area contributed by atoms with Gasteiger partial charge in [-0.2, -0.15) is 0 Å². The SMILES string of the molecule is CC(C)(C)c1c(CN)sc2cc3c(cc12)OCCO3. The van der Waals surface area contributed by atoms with E-state index in [1.807, 2.05) is 0 Å². The van der Waals surface area contributed by atoms with Crippen LogP contribution in [0.1, 0.15) is 31.2 Å². The van der Waals surface area contributed by atoms with Gasteiger partial charge < -0.3 is 15.2 Å². The standard InChI is InChI=1S/C15H19NO2S/c1-15(2,3)14-9-6-10-11(18-5-4-17-10)7-12(9)19-13(14)8-16/h6-7H,4-5,8,16H2,1-3H3. The van der Waals surface area contributed by atoms with E-state index in [1.54, 1.807) is 11.3 Å². The minimum Gasteiger partial charge on any atom is -0.486 e. The summed E-state index contributed by atoms with van der Waals surface area (Å²) in [6, 6.07) is 4.20. The Morgan fingerprint density at radius 1 is 1.16 bits per heavy atom. The van der Waals surface area contributed by atoms with Gasteiger partial charge in [0.2, 0.25) is 0 Å². The number of benzene rings is 1. The van der Waals surface area contributed by atoms with Crippen LogP contribution in [0.15, 0.2) is 12.1 Å². The fourth-order valence-electron chi connectivity index (χ4n) is 2.65. The lowest BCUT2D eigenvalue weighted by Gasteiger charge is -2.22. The van der Waals surface area contributed by atoms with Crippen LogP contribution in [-0.2, 0) is 12.0 Å². The summed E-state index contributed by atoms with van der Waals surface area (Å²) in [6.07, 6.45) is 0. The molecule has 4 heteroatoms. The summed E-state index contributed by atoms with van der Waals surface area (Å²) in [5.41, 5.74) is 7.33. The van der Waals surface area contributed by atoms with Gasteiger partial charge in [-0.25, -0.2) is 0 Å². The van der Waals surface area contributed by atoms with Crippen molar-refractivity contribution in [2.24, 2.45) is 5.73 Å². The monoisotopic (exact) mass is 277 g/mol. The molecular formula is C15H19NO2S. The summed E-state index contributed by atoms with van der Waals surface area (Å²) in [4.78, 5) is 1.25. The second-order valence-electron chi connectivity index (χ2n) is 5.85. The Hall–Kier alpha value is -1.26. The van der Waals surface area contributed by atoms with E-state index in [2.05, 4.69) is 32.9 Å². The van der Waals surface area contributed by atoms with Gasteiger partial charge >= 0.3 is 0 Å². The van der Waals surface area contributed by atoms with E-state index in [-0.39, 0.29) is 5.41 Å². The molecule has 3 nitrogen and oxygen atoms in total. The number of fused-ring (bicyclic) bond motifs is 2. The van der Waals surface area contributed by atoms with Crippen LogP contribution < -0.4 is 15.2 Å². The first kappa shape index (κ1) is 12.8. The number of hydrogen-bond donors (Lipinski definition) is 1. The van der Waals surface area contributed by atoms with Crippen molar-refractivity contribution in [1.29, 1.82) is 0 Å². The highest BCUT2D eigenvalue weighted by Crippen LogP contribution is 2.44. The van der Waals surface area contributed by atoms with Crippen LogP contribution in [0.4, 0.5) is 0 Å². The van der Waals surface area contributed by atoms with Gasteiger partial charge in [0.15, 0.2) is 11.5 Å². The zero-order valence-electron chi connectivity index (χ0n) is 11.6. The van der Waals surface area contributed by atoms with Crippen LogP contribution in [0.5, 0.6) is 11.5 Å². The van der Waals surface area contributed by atoms with E-state index in [0.717, 1.165) is 11.5 Å². The Morgan fingerprint density at radius 2 is 1.79 bits per heavy atom. The lowest BCUT2D eigenvalue weighted by molar-refractivity contribution is 0.172. The molecule has 0 spiro atoms. The summed E-state index contributed by atoms with van der Waals surface area (Å²) in [5, 5.41) is 1.25. The van der Waals surface area contributed by atoms with Crippen LogP contribution in [0.25, 0.3) is 10.1 Å². The quantitative estimate of drug-likeness (QED) is 0.868. The van der Waals surface area contributed by atoms with Gasteiger partial charge in [-0.3, -0.25) is 0 Å². The molecule has 1 aliphatic rings. The second kappa shape index (κ2) is 4.39. The Balaban J connectivity index is 2.28. The molecule has 1 aliphatic heterocycles. The fourth-order valence-corrected chi connectivity index (χ4v) is 3.95. The minimum absolute atomic E-state index is 0.0801. The number of hydrogen-bond acceptors (Lipinski definition) is 4. The Kier molecular flexibility index (Phi) is 2.95. The molecule has 0 bridgehead atoms. The fraction of sp³-hybridized carbons (Fsp3) is 0.467. The van der Waals surface area contributed by atoms with Gasteiger partial charge in [-0.05, 0) is 17.0 Å². The van der Waals surface area contributed by atoms with Gasteiger partial charge in [0.05, 0.1) is 0 Å². The topological polar surface area (TPSA) is 44.5 Å². The average molecular weight is 277 g/mol. The lowest BCUT2D eigenvalue weighted by atomic mass is 9.85. The van der Waals surface area contributed by atoms with Crippen molar-refractivity contribution < 1.29 is 9.47 Å². The largest absolute Gasteiger partial charge is 0.486 e. The minimum atomic E-state index is 0.0801. The van der Waals surface area contributed by atoms with Gasteiger partial charge in [0.1, 0.15) is 13.2 Å². The zero-order chi connectivity index (χ0) is 13.6. The van der Waals surface area contributed by atoms with Crippen molar-refractivity contribution in [3.8, 4) is 11.5 Å². The maximum Gasteiger partial charge on any atom is 0.162 e. The number of rotatable bonds is 1. The van der Waals surface area contributed by atoms with E-state index < -0.39 is 0 Å². The van der Waals surface area contributed by atoms with Crippen LogP contribution in [0.3, 0.4) is 0 Å². The predicted molar refractivity (Wildman–Crippen MR) is 79.4 cm³/mol. The van der Waals surface area contributed by atoms with E-state index >= 15 is 0 Å². The highest BCUT2D eigenvalue weighted by molar-refractivity contribution is 7.19. The number of ether oxygens (including phenoxy) is 2. The van der Waals surface area contributed by atoms with Crippen molar-refractivity contribution >= 4 is 21.4 Å². The summed E-state index contributed by atoms with van der Waals surface area (Å²) in [7, 11) is 0. The molecule has 0 saturated carbocycles. The van der Waals surface area contributed by atoms with Crippen molar-refractivity contribution in [1.82, 2.24) is 0 Å². The van der Waals surface area contributed by atoms with Crippen LogP contribution in [0.2, 0.25) is 0 Å². The van der Waals surface area contributed by atoms with Crippen molar-refractivity contribution in [3.05, 3.63) is 22.6 Å². The predicted octanol–water partition coefficient (Wildman–Crippen LogP) is 3.43. The molecule has 0 fully saturated rings. The summed E-state index contributed by atoms with van der Waals surface area (Å²) in [6.45, 7) is 8.51. The molecule has 0 aliphatic carbocycles. The second-order valence-corrected chi connectivity index (χ2v) is 6.98. The summed E-state index contributed by atoms with van der Waals surface area (Å²) >= 11 is 1.76. The summed E-state index contributed by atoms with van der Waals surface area (Å²) < 4.78 is 12.6. The molecule has 19 heavy (non-hydrogen) atoms. The lowest BCUT2D eigenvalue weighted by Crippen LogP contribution is -2.16. The number of nitrogens with two attached hydrogens (primary N) is 1. The van der Waals surface area contributed by atoms with Gasteiger partial charge in [-0.1, -0.05) is 20.8 Å². The number of thiophene rings is 1. The molecule has 2 aromatic rings. The highest BCUT2D eigenvalue weighted by atomic mass is 32.1. The molecule has 2 N–H and O–H groups in total. The van der Waals surface area contributed by atoms with E-state index in [9.17, 15) is 0 Å². The van der Waals surface area contributed by atoms with E-state index in [1.165, 1.54) is 20.5 Å². The molecule has 1 aromatic heterocycles. The molecule has 1 aromatic carbocycles. The van der Waals surface area contributed by atoms with Crippen LogP contribution in [0, 0.1) is 0 Å². The first-order chi connectivity index (χ1) is 9.00. The molecule has 2 heterocycles. The van der Waals surface area contributed by atoms with E-state index in [0.29, 0.717) is 19.8 Å². The van der Waals surface area contributed by atoms with E-state index in [4.69, 9.17) is 15.2 Å². The zero-order valence-corrected chi connectivity index (χ0v) is 12.4. The third kappa shape index (κ3) is 2.09. The molecular weight excluding hydrogens is 258 g/mol. The Morgan fingerprint density at radius 3 is 2.37 bits per heavy atom. The van der Waals surface area contributed by atoms with Gasteiger partial charge in [-0.15, -0.1) is 11.3 Å². The third-order valence-corrected chi connectivity index (χ3v) is 4.54. The first-order valence-corrected chi connectivity index (χ1v) is 7.38. The molecule has 0 atom stereocenters. The molecule has 0 radical (unpaired) electrons. The summed E-state index contributed by atoms with van der Waals surface area (Å²) in [5.74, 6) is 1.70. The molecule has 0 saturated heterocycles. The third-order valence-electron chi connectivity index (χ3n) is 3.36. The molecule has 102 valence electrons. The van der Waals surface area contributed by atoms with Crippen LogP contribution in [-0.4, -0.2) is 13.2 Å². The van der Waals surface area contributed by atoms with Gasteiger partial charge in [0.25, 0.3) is 0 Å². The highest BCUT2D eigenvalue weighted by Gasteiger charge is 2.25. The molecule has 0 unspecified atom stereocenters. The molecule has 3 rings (SSSR count). The maximum absolute atomic E-state index is 5.91. The maximum atomic E-state index is 5.91. The molecule has 0 amide bonds. The van der Waals surface area contributed by atoms with Gasteiger partial charge in [0, 0.05) is 27.6 Å². The average Bonchev–Trinajstić information content (AvgIpc) is 2.73. The van der Waals surface area contributed by atoms with Crippen molar-refractivity contribution in [2.45, 2.75) is 32.7 Å². The van der Waals surface area contributed by atoms with Crippen LogP contribution >= 0.6 is 11.3 Å². The van der Waals surface area contributed by atoms with Crippen molar-refractivity contribution in [3.63, 3.8) is 0 Å². The Labute approximate surface area is 117 Å². The Bertz CT molecular complexity index is 625. The normalized spacial score (nSPS) is 14.9.